The fraction of sp³-hybridized carbons (Fsp3) is 0. The molecule has 0 N–H and O–H groups in total. The van der Waals surface area contributed by atoms with Gasteiger partial charge in [-0.05, 0) is 24.3 Å². The molecule has 2 heteroatoms. The second-order valence-electron chi connectivity index (χ2n) is 3.54. The van der Waals surface area contributed by atoms with Crippen molar-refractivity contribution in [3.63, 3.8) is 0 Å². The highest BCUT2D eigenvalue weighted by Gasteiger charge is 1.96. The van der Waals surface area contributed by atoms with Crippen molar-refractivity contribution in [1.82, 2.24) is 0 Å². The average molecular weight is 210 g/mol. The third-order valence-corrected chi connectivity index (χ3v) is 2.30. The lowest BCUT2D eigenvalue weighted by molar-refractivity contribution is 0.464. The van der Waals surface area contributed by atoms with Gasteiger partial charge in [-0.2, -0.15) is 0 Å². The summed E-state index contributed by atoms with van der Waals surface area (Å²) in [4.78, 5) is 0. The first-order valence-corrected chi connectivity index (χ1v) is 5.13. The zero-order valence-corrected chi connectivity index (χ0v) is 8.59. The number of hydrogen-bond acceptors (Lipinski definition) is 2. The van der Waals surface area contributed by atoms with Crippen LogP contribution in [-0.4, -0.2) is 0 Å². The molecule has 1 aromatic heterocycles. The van der Waals surface area contributed by atoms with Gasteiger partial charge in [0.05, 0.1) is 0 Å². The first kappa shape index (κ1) is 9.04. The van der Waals surface area contributed by atoms with Crippen LogP contribution >= 0.6 is 0 Å². The Morgan fingerprint density at radius 3 is 1.75 bits per heavy atom. The Hall–Kier alpha value is -2.22. The van der Waals surface area contributed by atoms with E-state index in [1.807, 2.05) is 60.7 Å². The molecule has 0 unspecified atom stereocenters. The summed E-state index contributed by atoms with van der Waals surface area (Å²) in [7, 11) is 0. The Labute approximate surface area is 92.5 Å². The first-order chi connectivity index (χ1) is 7.90. The minimum Gasteiger partial charge on any atom is -0.457 e. The maximum absolute atomic E-state index is 5.70. The molecule has 16 heavy (non-hydrogen) atoms. The molecule has 0 amide bonds. The van der Waals surface area contributed by atoms with Crippen LogP contribution in [0.1, 0.15) is 11.5 Å². The van der Waals surface area contributed by atoms with Crippen molar-refractivity contribution < 1.29 is 8.83 Å². The van der Waals surface area contributed by atoms with Crippen LogP contribution in [0.25, 0.3) is 24.3 Å². The second-order valence-corrected chi connectivity index (χ2v) is 3.54. The molecule has 2 nitrogen and oxygen atoms in total. The molecule has 0 spiro atoms. The van der Waals surface area contributed by atoms with Crippen LogP contribution in [0.4, 0.5) is 0 Å². The van der Waals surface area contributed by atoms with Crippen LogP contribution < -0.4 is 10.8 Å². The summed E-state index contributed by atoms with van der Waals surface area (Å²) in [6, 6.07) is 3.75. The fourth-order valence-corrected chi connectivity index (χ4v) is 1.60. The highest BCUT2D eigenvalue weighted by atomic mass is 16.3. The average Bonchev–Trinajstić information content (AvgIpc) is 2.60. The van der Waals surface area contributed by atoms with Gasteiger partial charge in [0.15, 0.2) is 0 Å². The lowest BCUT2D eigenvalue weighted by Crippen LogP contribution is -2.07. The summed E-state index contributed by atoms with van der Waals surface area (Å²) < 4.78 is 11.4. The van der Waals surface area contributed by atoms with Crippen molar-refractivity contribution in [1.29, 1.82) is 0 Å². The maximum Gasteiger partial charge on any atom is 0.131 e. The van der Waals surface area contributed by atoms with Crippen molar-refractivity contribution in [2.75, 3.05) is 0 Å². The quantitative estimate of drug-likeness (QED) is 0.656. The maximum atomic E-state index is 5.70. The molecule has 2 aliphatic rings. The van der Waals surface area contributed by atoms with E-state index in [4.69, 9.17) is 8.83 Å². The van der Waals surface area contributed by atoms with Gasteiger partial charge in [-0.25, -0.2) is 0 Å². The van der Waals surface area contributed by atoms with Gasteiger partial charge in [0.1, 0.15) is 22.4 Å². The predicted octanol–water partition coefficient (Wildman–Crippen LogP) is 2.17. The van der Waals surface area contributed by atoms with E-state index in [2.05, 4.69) is 0 Å². The van der Waals surface area contributed by atoms with Gasteiger partial charge in [0.2, 0.25) is 0 Å². The summed E-state index contributed by atoms with van der Waals surface area (Å²) in [5.74, 6) is 1.55. The molecule has 0 radical (unpaired) electrons. The molecule has 3 rings (SSSR count). The predicted molar refractivity (Wildman–Crippen MR) is 64.0 cm³/mol. The molecule has 0 saturated carbocycles. The van der Waals surface area contributed by atoms with Crippen molar-refractivity contribution in [2.45, 2.75) is 0 Å². The van der Waals surface area contributed by atoms with Crippen LogP contribution in [0.5, 0.6) is 0 Å². The van der Waals surface area contributed by atoms with Crippen molar-refractivity contribution in [3.8, 4) is 0 Å². The van der Waals surface area contributed by atoms with Crippen LogP contribution in [0, 0.1) is 0 Å². The third kappa shape index (κ3) is 1.77. The van der Waals surface area contributed by atoms with E-state index in [1.165, 1.54) is 0 Å². The van der Waals surface area contributed by atoms with Gasteiger partial charge in [-0.1, -0.05) is 24.3 Å². The summed E-state index contributed by atoms with van der Waals surface area (Å²) in [6.45, 7) is 0. The Bertz CT molecular complexity index is 608. The van der Waals surface area contributed by atoms with Gasteiger partial charge in [-0.15, -0.1) is 0 Å². The lowest BCUT2D eigenvalue weighted by atomic mass is 10.3. The standard InChI is InChI=1S/C14H10O2/c1-2-6-12-10-14-8-4-3-7-13(16-14)9-11(5-1)15-12/h1-10H. The Morgan fingerprint density at radius 2 is 1.19 bits per heavy atom. The molecule has 3 heterocycles. The molecular weight excluding hydrogens is 200 g/mol. The molecule has 1 aromatic rings. The molecule has 78 valence electrons. The highest BCUT2D eigenvalue weighted by molar-refractivity contribution is 5.56. The summed E-state index contributed by atoms with van der Waals surface area (Å²) >= 11 is 0. The summed E-state index contributed by atoms with van der Waals surface area (Å²) in [6.07, 6.45) is 15.4. The first-order valence-electron chi connectivity index (χ1n) is 5.13. The zero-order valence-electron chi connectivity index (χ0n) is 8.59. The van der Waals surface area contributed by atoms with Gasteiger partial charge >= 0.3 is 0 Å². The molecule has 2 aliphatic heterocycles. The van der Waals surface area contributed by atoms with E-state index in [-0.39, 0.29) is 0 Å². The van der Waals surface area contributed by atoms with Crippen molar-refractivity contribution in [2.24, 2.45) is 0 Å². The van der Waals surface area contributed by atoms with Gasteiger partial charge in [-0.3, -0.25) is 0 Å². The third-order valence-electron chi connectivity index (χ3n) is 2.30. The summed E-state index contributed by atoms with van der Waals surface area (Å²) in [5, 5.41) is 0. The normalized spacial score (nSPS) is 14.5. The Balaban J connectivity index is 2.47. The number of hydrogen-bond donors (Lipinski definition) is 0. The molecule has 0 aromatic carbocycles. The second kappa shape index (κ2) is 3.74. The molecule has 0 saturated heterocycles. The van der Waals surface area contributed by atoms with E-state index < -0.39 is 0 Å². The highest BCUT2D eigenvalue weighted by Crippen LogP contribution is 2.08. The Kier molecular flexibility index (Phi) is 2.11. The summed E-state index contributed by atoms with van der Waals surface area (Å²) in [5.41, 5.74) is 1.55. The fourth-order valence-electron chi connectivity index (χ4n) is 1.60. The number of fused-ring (bicyclic) bond motifs is 4. The van der Waals surface area contributed by atoms with Crippen molar-refractivity contribution >= 4 is 24.3 Å². The largest absolute Gasteiger partial charge is 0.457 e. The van der Waals surface area contributed by atoms with Crippen LogP contribution in [-0.2, 0) is 0 Å². The van der Waals surface area contributed by atoms with Gasteiger partial charge < -0.3 is 8.83 Å². The van der Waals surface area contributed by atoms with Crippen molar-refractivity contribution in [3.05, 3.63) is 58.8 Å². The number of allylic oxidation sites excluding steroid dienone is 4. The number of rotatable bonds is 0. The molecule has 0 aliphatic carbocycles. The zero-order chi connectivity index (χ0) is 10.8. The topological polar surface area (TPSA) is 26.3 Å². The van der Waals surface area contributed by atoms with Crippen LogP contribution in [0.15, 0.2) is 45.3 Å². The Morgan fingerprint density at radius 1 is 0.625 bits per heavy atom. The molecule has 0 fully saturated rings. The molecule has 4 bridgehead atoms. The minimum atomic E-state index is 0.775. The van der Waals surface area contributed by atoms with Crippen LogP contribution in [0.2, 0.25) is 0 Å². The minimum absolute atomic E-state index is 0.775. The SMILES string of the molecule is C1=CC=c2cc3oc(cc(o2)=C1)C=CC=C3. The monoisotopic (exact) mass is 210 g/mol. The van der Waals surface area contributed by atoms with E-state index in [1.54, 1.807) is 0 Å². The van der Waals surface area contributed by atoms with E-state index in [0.29, 0.717) is 0 Å². The molecule has 0 atom stereocenters. The smallest absolute Gasteiger partial charge is 0.131 e. The van der Waals surface area contributed by atoms with Gasteiger partial charge in [0, 0.05) is 12.1 Å². The van der Waals surface area contributed by atoms with Crippen LogP contribution in [0.3, 0.4) is 0 Å². The molecular formula is C14H10O2. The van der Waals surface area contributed by atoms with E-state index in [9.17, 15) is 0 Å². The van der Waals surface area contributed by atoms with E-state index in [0.717, 1.165) is 22.4 Å². The van der Waals surface area contributed by atoms with E-state index >= 15 is 0 Å². The lowest BCUT2D eigenvalue weighted by Gasteiger charge is -1.93. The van der Waals surface area contributed by atoms with Gasteiger partial charge in [0.25, 0.3) is 0 Å².